The smallest absolute Gasteiger partial charge is 0.116 e. The third-order valence-corrected chi connectivity index (χ3v) is 5.31. The summed E-state index contributed by atoms with van der Waals surface area (Å²) >= 11 is 3.51. The number of hydrogen-bond donors (Lipinski definition) is 1. The highest BCUT2D eigenvalue weighted by atomic mass is 79.9. The summed E-state index contributed by atoms with van der Waals surface area (Å²) in [6.07, 6.45) is 1.96. The summed E-state index contributed by atoms with van der Waals surface area (Å²) in [5.74, 6) is 0.923. The Hall–Kier alpha value is -2.65. The molecule has 0 aliphatic rings. The Morgan fingerprint density at radius 2 is 1.12 bits per heavy atom. The van der Waals surface area contributed by atoms with E-state index in [9.17, 15) is 0 Å². The van der Waals surface area contributed by atoms with Gasteiger partial charge in [0.05, 0.1) is 16.4 Å². The highest BCUT2D eigenvalue weighted by Crippen LogP contribution is 2.44. The topological polar surface area (TPSA) is 28.7 Å². The SMILES string of the molecule is BrCc1ncc(C(c2ccccc2)(c2ccccc2)c2ccccc2)[nH]1. The molecule has 128 valence electrons. The number of H-pyrrole nitrogens is 1. The number of hydrogen-bond acceptors (Lipinski definition) is 1. The molecule has 0 saturated carbocycles. The van der Waals surface area contributed by atoms with Crippen LogP contribution in [0, 0.1) is 0 Å². The number of alkyl halides is 1. The van der Waals surface area contributed by atoms with Crippen LogP contribution in [0.2, 0.25) is 0 Å². The maximum absolute atomic E-state index is 4.57. The molecule has 0 saturated heterocycles. The third kappa shape index (κ3) is 2.78. The Kier molecular flexibility index (Phi) is 4.72. The Labute approximate surface area is 162 Å². The molecule has 0 amide bonds. The van der Waals surface area contributed by atoms with E-state index in [2.05, 4.69) is 117 Å². The highest BCUT2D eigenvalue weighted by molar-refractivity contribution is 9.08. The van der Waals surface area contributed by atoms with E-state index in [-0.39, 0.29) is 0 Å². The molecule has 0 aliphatic carbocycles. The molecule has 0 unspecified atom stereocenters. The molecule has 26 heavy (non-hydrogen) atoms. The van der Waals surface area contributed by atoms with E-state index in [1.54, 1.807) is 0 Å². The molecule has 1 aromatic heterocycles. The van der Waals surface area contributed by atoms with Gasteiger partial charge >= 0.3 is 0 Å². The van der Waals surface area contributed by atoms with E-state index in [1.165, 1.54) is 16.7 Å². The fourth-order valence-corrected chi connectivity index (χ4v) is 3.94. The average molecular weight is 403 g/mol. The predicted molar refractivity (Wildman–Crippen MR) is 110 cm³/mol. The summed E-state index contributed by atoms with van der Waals surface area (Å²) in [5, 5.41) is 0.696. The van der Waals surface area contributed by atoms with Gasteiger partial charge in [-0.2, -0.15) is 0 Å². The molecule has 4 aromatic rings. The third-order valence-electron chi connectivity index (χ3n) is 4.78. The number of aromatic amines is 1. The number of halogens is 1. The zero-order valence-corrected chi connectivity index (χ0v) is 15.9. The molecule has 3 aromatic carbocycles. The van der Waals surface area contributed by atoms with Gasteiger partial charge in [-0.15, -0.1) is 0 Å². The summed E-state index contributed by atoms with van der Waals surface area (Å²) in [6.45, 7) is 0. The van der Waals surface area contributed by atoms with E-state index < -0.39 is 5.41 Å². The molecule has 0 aliphatic heterocycles. The van der Waals surface area contributed by atoms with Gasteiger partial charge in [-0.05, 0) is 16.7 Å². The van der Waals surface area contributed by atoms with E-state index in [4.69, 9.17) is 0 Å². The van der Waals surface area contributed by atoms with Gasteiger partial charge in [-0.1, -0.05) is 107 Å². The highest BCUT2D eigenvalue weighted by Gasteiger charge is 2.39. The fourth-order valence-electron chi connectivity index (χ4n) is 3.65. The second-order valence-electron chi connectivity index (χ2n) is 6.23. The van der Waals surface area contributed by atoms with Crippen molar-refractivity contribution in [3.63, 3.8) is 0 Å². The molecular weight excluding hydrogens is 384 g/mol. The first-order chi connectivity index (χ1) is 12.9. The Morgan fingerprint density at radius 1 is 0.692 bits per heavy atom. The Morgan fingerprint density at radius 3 is 1.46 bits per heavy atom. The summed E-state index contributed by atoms with van der Waals surface area (Å²) in [4.78, 5) is 8.12. The van der Waals surface area contributed by atoms with Crippen LogP contribution in [0.4, 0.5) is 0 Å². The van der Waals surface area contributed by atoms with Crippen molar-refractivity contribution in [3.8, 4) is 0 Å². The van der Waals surface area contributed by atoms with Crippen molar-refractivity contribution < 1.29 is 0 Å². The summed E-state index contributed by atoms with van der Waals surface area (Å²) < 4.78 is 0. The minimum absolute atomic E-state index is 0.447. The molecule has 3 heteroatoms. The van der Waals surface area contributed by atoms with Crippen LogP contribution in [0.25, 0.3) is 0 Å². The maximum atomic E-state index is 4.57. The maximum Gasteiger partial charge on any atom is 0.116 e. The lowest BCUT2D eigenvalue weighted by Crippen LogP contribution is -2.31. The van der Waals surface area contributed by atoms with Crippen LogP contribution in [0.3, 0.4) is 0 Å². The second kappa shape index (κ2) is 7.30. The van der Waals surface area contributed by atoms with Gasteiger partial charge in [0, 0.05) is 6.20 Å². The molecule has 0 fully saturated rings. The van der Waals surface area contributed by atoms with Crippen LogP contribution in [0.1, 0.15) is 28.2 Å². The largest absolute Gasteiger partial charge is 0.344 e. The van der Waals surface area contributed by atoms with E-state index in [0.29, 0.717) is 5.33 Å². The van der Waals surface area contributed by atoms with Gasteiger partial charge in [0.2, 0.25) is 0 Å². The van der Waals surface area contributed by atoms with Crippen LogP contribution >= 0.6 is 15.9 Å². The number of nitrogens with zero attached hydrogens (tertiary/aromatic N) is 1. The zero-order valence-electron chi connectivity index (χ0n) is 14.3. The number of aromatic nitrogens is 2. The summed E-state index contributed by atoms with van der Waals surface area (Å²) in [7, 11) is 0. The first-order valence-corrected chi connectivity index (χ1v) is 9.74. The van der Waals surface area contributed by atoms with Crippen LogP contribution in [0.5, 0.6) is 0 Å². The molecule has 1 heterocycles. The number of nitrogens with one attached hydrogen (secondary N) is 1. The van der Waals surface area contributed by atoms with Crippen LogP contribution < -0.4 is 0 Å². The summed E-state index contributed by atoms with van der Waals surface area (Å²) in [5.41, 5.74) is 4.25. The number of rotatable bonds is 5. The van der Waals surface area contributed by atoms with Gasteiger partial charge in [0.25, 0.3) is 0 Å². The minimum Gasteiger partial charge on any atom is -0.344 e. The molecule has 0 atom stereocenters. The molecule has 0 spiro atoms. The lowest BCUT2D eigenvalue weighted by Gasteiger charge is -2.35. The normalized spacial score (nSPS) is 11.4. The van der Waals surface area contributed by atoms with E-state index >= 15 is 0 Å². The van der Waals surface area contributed by atoms with E-state index in [0.717, 1.165) is 11.5 Å². The van der Waals surface area contributed by atoms with Crippen molar-refractivity contribution in [1.82, 2.24) is 9.97 Å². The molecule has 4 rings (SSSR count). The molecule has 0 radical (unpaired) electrons. The van der Waals surface area contributed by atoms with Gasteiger partial charge in [-0.25, -0.2) is 4.98 Å². The molecule has 2 nitrogen and oxygen atoms in total. The van der Waals surface area contributed by atoms with Crippen molar-refractivity contribution in [3.05, 3.63) is 125 Å². The van der Waals surface area contributed by atoms with Crippen molar-refractivity contribution in [1.29, 1.82) is 0 Å². The lowest BCUT2D eigenvalue weighted by atomic mass is 9.67. The fraction of sp³-hybridized carbons (Fsp3) is 0.0870. The first-order valence-electron chi connectivity index (χ1n) is 8.62. The summed E-state index contributed by atoms with van der Waals surface area (Å²) in [6, 6.07) is 31.9. The van der Waals surface area contributed by atoms with Gasteiger partial charge in [-0.3, -0.25) is 0 Å². The van der Waals surface area contributed by atoms with Crippen molar-refractivity contribution in [2.45, 2.75) is 10.7 Å². The van der Waals surface area contributed by atoms with Gasteiger partial charge in [0.15, 0.2) is 0 Å². The average Bonchev–Trinajstić information content (AvgIpc) is 3.21. The quantitative estimate of drug-likeness (QED) is 0.337. The van der Waals surface area contributed by atoms with Crippen LogP contribution in [0.15, 0.2) is 97.2 Å². The Bertz CT molecular complexity index is 866. The van der Waals surface area contributed by atoms with Crippen molar-refractivity contribution >= 4 is 15.9 Å². The van der Waals surface area contributed by atoms with Crippen molar-refractivity contribution in [2.75, 3.05) is 0 Å². The predicted octanol–water partition coefficient (Wildman–Crippen LogP) is 5.69. The van der Waals surface area contributed by atoms with Crippen LogP contribution in [-0.4, -0.2) is 9.97 Å². The lowest BCUT2D eigenvalue weighted by molar-refractivity contribution is 0.718. The first kappa shape index (κ1) is 16.8. The second-order valence-corrected chi connectivity index (χ2v) is 6.79. The zero-order chi connectivity index (χ0) is 17.8. The van der Waals surface area contributed by atoms with Gasteiger partial charge < -0.3 is 4.98 Å². The number of imidazole rings is 1. The van der Waals surface area contributed by atoms with Gasteiger partial charge in [0.1, 0.15) is 5.82 Å². The molecule has 0 bridgehead atoms. The van der Waals surface area contributed by atoms with Crippen molar-refractivity contribution in [2.24, 2.45) is 0 Å². The van der Waals surface area contributed by atoms with E-state index in [1.807, 2.05) is 6.20 Å². The van der Waals surface area contributed by atoms with Crippen LogP contribution in [-0.2, 0) is 10.7 Å². The standard InChI is InChI=1S/C23H19BrN2/c24-16-22-25-17-21(26-22)23(18-10-4-1-5-11-18,19-12-6-2-7-13-19)20-14-8-3-9-15-20/h1-15,17H,16H2,(H,25,26). The molecule has 1 N–H and O–H groups in total. The minimum atomic E-state index is -0.447. The molecular formula is C23H19BrN2. The Balaban J connectivity index is 2.10. The monoisotopic (exact) mass is 402 g/mol. The number of benzene rings is 3.